The Bertz CT molecular complexity index is 986. The van der Waals surface area contributed by atoms with Crippen LogP contribution in [0.15, 0.2) is 42.5 Å². The number of ketones is 1. The molecule has 2 aliphatic heterocycles. The molecule has 1 amide bonds. The van der Waals surface area contributed by atoms with Crippen LogP contribution in [0.3, 0.4) is 0 Å². The average molecular weight is 429 g/mol. The van der Waals surface area contributed by atoms with Gasteiger partial charge in [-0.1, -0.05) is 24.3 Å². The molecule has 2 aromatic rings. The van der Waals surface area contributed by atoms with Crippen molar-refractivity contribution in [3.63, 3.8) is 0 Å². The molecule has 0 spiro atoms. The number of carbonyl (C=O) groups is 2. The maximum atomic E-state index is 13.6. The second-order valence-corrected chi connectivity index (χ2v) is 8.20. The van der Waals surface area contributed by atoms with E-state index in [-0.39, 0.29) is 35.5 Å². The monoisotopic (exact) mass is 429 g/mol. The molecule has 0 bridgehead atoms. The Balaban J connectivity index is 1.36. The maximum Gasteiger partial charge on any atom is 0.270 e. The van der Waals surface area contributed by atoms with Gasteiger partial charge >= 0.3 is 0 Å². The number of hydrogen-bond acceptors (Lipinski definition) is 4. The number of aryl methyl sites for hydroxylation is 1. The molecule has 0 aromatic heterocycles. The first-order chi connectivity index (χ1) is 14.8. The van der Waals surface area contributed by atoms with Gasteiger partial charge in [-0.25, -0.2) is 8.78 Å². The van der Waals surface area contributed by atoms with Crippen LogP contribution in [0.25, 0.3) is 0 Å². The number of hydrogen-bond donors (Lipinski definition) is 0. The average Bonchev–Trinajstić information content (AvgIpc) is 3.24. The molecule has 1 atom stereocenters. The van der Waals surface area contributed by atoms with Crippen molar-refractivity contribution in [2.75, 3.05) is 19.9 Å². The lowest BCUT2D eigenvalue weighted by atomic mass is 9.89. The number of halogens is 2. The zero-order valence-electron chi connectivity index (χ0n) is 17.4. The number of piperidine rings is 1. The molecule has 0 saturated carbocycles. The number of alkyl halides is 2. The van der Waals surface area contributed by atoms with Crippen molar-refractivity contribution < 1.29 is 27.8 Å². The largest absolute Gasteiger partial charge is 0.454 e. The van der Waals surface area contributed by atoms with E-state index in [1.54, 1.807) is 11.0 Å². The standard InChI is InChI=1S/C24H25F2NO4/c1-24(25,26)19-6-2-4-17(13-19)23(29)18-5-3-11-27(14-18)22(28)10-8-16-7-9-20-21(12-16)31-15-30-20/h2,4,6-7,9,12-13,18H,3,5,8,10-11,14-15H2,1H3/t18-/m1/s1. The smallest absolute Gasteiger partial charge is 0.270 e. The van der Waals surface area contributed by atoms with Gasteiger partial charge in [-0.05, 0) is 43.0 Å². The number of fused-ring (bicyclic) bond motifs is 1. The number of rotatable bonds is 6. The third-order valence-electron chi connectivity index (χ3n) is 5.86. The number of benzene rings is 2. The number of likely N-dealkylation sites (tertiary alicyclic amines) is 1. The van der Waals surface area contributed by atoms with E-state index in [0.29, 0.717) is 43.9 Å². The van der Waals surface area contributed by atoms with Gasteiger partial charge in [0.25, 0.3) is 5.92 Å². The molecule has 0 radical (unpaired) electrons. The molecule has 0 unspecified atom stereocenters. The summed E-state index contributed by atoms with van der Waals surface area (Å²) < 4.78 is 37.9. The molecule has 1 saturated heterocycles. The van der Waals surface area contributed by atoms with Crippen molar-refractivity contribution in [3.05, 3.63) is 59.2 Å². The highest BCUT2D eigenvalue weighted by molar-refractivity contribution is 5.98. The summed E-state index contributed by atoms with van der Waals surface area (Å²) >= 11 is 0. The topological polar surface area (TPSA) is 55.8 Å². The molecule has 0 N–H and O–H groups in total. The highest BCUT2D eigenvalue weighted by Gasteiger charge is 2.30. The lowest BCUT2D eigenvalue weighted by Crippen LogP contribution is -2.42. The molecular weight excluding hydrogens is 404 g/mol. The molecule has 1 fully saturated rings. The van der Waals surface area contributed by atoms with E-state index in [4.69, 9.17) is 9.47 Å². The van der Waals surface area contributed by atoms with Gasteiger partial charge < -0.3 is 14.4 Å². The van der Waals surface area contributed by atoms with Crippen LogP contribution >= 0.6 is 0 Å². The predicted octanol–water partition coefficient (Wildman–Crippen LogP) is 4.58. The number of amides is 1. The van der Waals surface area contributed by atoms with Crippen LogP contribution in [0.1, 0.15) is 47.7 Å². The van der Waals surface area contributed by atoms with Crippen molar-refractivity contribution in [1.82, 2.24) is 4.90 Å². The molecule has 2 aromatic carbocycles. The lowest BCUT2D eigenvalue weighted by Gasteiger charge is -2.32. The van der Waals surface area contributed by atoms with Crippen LogP contribution in [0.2, 0.25) is 0 Å². The van der Waals surface area contributed by atoms with Crippen LogP contribution in [0.5, 0.6) is 11.5 Å². The van der Waals surface area contributed by atoms with Crippen molar-refractivity contribution in [3.8, 4) is 11.5 Å². The third-order valence-corrected chi connectivity index (χ3v) is 5.86. The lowest BCUT2D eigenvalue weighted by molar-refractivity contribution is -0.132. The Hall–Kier alpha value is -2.96. The fraction of sp³-hybridized carbons (Fsp3) is 0.417. The predicted molar refractivity (Wildman–Crippen MR) is 111 cm³/mol. The summed E-state index contributed by atoms with van der Waals surface area (Å²) in [5, 5.41) is 0. The Morgan fingerprint density at radius 3 is 2.74 bits per heavy atom. The first kappa shape index (κ1) is 21.3. The first-order valence-electron chi connectivity index (χ1n) is 10.5. The Labute approximate surface area is 179 Å². The molecule has 5 nitrogen and oxygen atoms in total. The third kappa shape index (κ3) is 4.86. The summed E-state index contributed by atoms with van der Waals surface area (Å²) in [6, 6.07) is 11.3. The minimum Gasteiger partial charge on any atom is -0.454 e. The van der Waals surface area contributed by atoms with Gasteiger partial charge in [0.1, 0.15) is 0 Å². The van der Waals surface area contributed by atoms with E-state index < -0.39 is 5.92 Å². The normalized spacial score (nSPS) is 18.2. The van der Waals surface area contributed by atoms with Gasteiger partial charge in [0.2, 0.25) is 12.7 Å². The van der Waals surface area contributed by atoms with Crippen LogP contribution in [0.4, 0.5) is 8.78 Å². The van der Waals surface area contributed by atoms with Crippen LogP contribution < -0.4 is 9.47 Å². The molecule has 164 valence electrons. The second kappa shape index (κ2) is 8.65. The molecule has 2 heterocycles. The van der Waals surface area contributed by atoms with Crippen LogP contribution in [0, 0.1) is 5.92 Å². The minimum atomic E-state index is -3.00. The van der Waals surface area contributed by atoms with Crippen LogP contribution in [-0.2, 0) is 17.1 Å². The number of ether oxygens (including phenoxy) is 2. The van der Waals surface area contributed by atoms with Crippen molar-refractivity contribution >= 4 is 11.7 Å². The molecule has 4 rings (SSSR count). The Morgan fingerprint density at radius 1 is 1.13 bits per heavy atom. The zero-order chi connectivity index (χ0) is 22.0. The van der Waals surface area contributed by atoms with Gasteiger partial charge in [0.05, 0.1) is 0 Å². The van der Waals surface area contributed by atoms with E-state index in [9.17, 15) is 18.4 Å². The van der Waals surface area contributed by atoms with Gasteiger partial charge in [-0.3, -0.25) is 9.59 Å². The number of Topliss-reactive ketones (excluding diaryl/α,β-unsaturated/α-hetero) is 1. The Morgan fingerprint density at radius 2 is 1.94 bits per heavy atom. The number of carbonyl (C=O) groups excluding carboxylic acids is 2. The Kier molecular flexibility index (Phi) is 5.94. The summed E-state index contributed by atoms with van der Waals surface area (Å²) in [5.74, 6) is -2.17. The number of nitrogens with zero attached hydrogens (tertiary/aromatic N) is 1. The molecular formula is C24H25F2NO4. The summed E-state index contributed by atoms with van der Waals surface area (Å²) in [5.41, 5.74) is 1.09. The maximum absolute atomic E-state index is 13.6. The molecule has 0 aliphatic carbocycles. The second-order valence-electron chi connectivity index (χ2n) is 8.20. The summed E-state index contributed by atoms with van der Waals surface area (Å²) in [6.45, 7) is 1.96. The summed E-state index contributed by atoms with van der Waals surface area (Å²) in [6.07, 6.45) is 2.27. The van der Waals surface area contributed by atoms with E-state index in [2.05, 4.69) is 0 Å². The summed E-state index contributed by atoms with van der Waals surface area (Å²) in [7, 11) is 0. The SMILES string of the molecule is CC(F)(F)c1cccc(C(=O)[C@@H]2CCCN(C(=O)CCc3ccc4c(c3)OCO4)C2)c1. The minimum absolute atomic E-state index is 0.0102. The molecule has 7 heteroatoms. The van der Waals surface area contributed by atoms with Gasteiger partial charge in [0.15, 0.2) is 17.3 Å². The van der Waals surface area contributed by atoms with Gasteiger partial charge in [-0.15, -0.1) is 0 Å². The van der Waals surface area contributed by atoms with Gasteiger partial charge in [-0.2, -0.15) is 0 Å². The van der Waals surface area contributed by atoms with Crippen LogP contribution in [-0.4, -0.2) is 36.5 Å². The highest BCUT2D eigenvalue weighted by Crippen LogP contribution is 2.33. The van der Waals surface area contributed by atoms with Gasteiger partial charge in [0, 0.05) is 43.5 Å². The van der Waals surface area contributed by atoms with Crippen molar-refractivity contribution in [2.24, 2.45) is 5.92 Å². The van der Waals surface area contributed by atoms with Crippen molar-refractivity contribution in [2.45, 2.75) is 38.5 Å². The summed E-state index contributed by atoms with van der Waals surface area (Å²) in [4.78, 5) is 27.4. The van der Waals surface area contributed by atoms with E-state index >= 15 is 0 Å². The highest BCUT2D eigenvalue weighted by atomic mass is 19.3. The van der Waals surface area contributed by atoms with E-state index in [1.807, 2.05) is 18.2 Å². The van der Waals surface area contributed by atoms with Crippen molar-refractivity contribution in [1.29, 1.82) is 0 Å². The zero-order valence-corrected chi connectivity index (χ0v) is 17.4. The fourth-order valence-corrected chi connectivity index (χ4v) is 4.10. The first-order valence-corrected chi connectivity index (χ1v) is 10.5. The quantitative estimate of drug-likeness (QED) is 0.631. The molecule has 2 aliphatic rings. The fourth-order valence-electron chi connectivity index (χ4n) is 4.10. The van der Waals surface area contributed by atoms with E-state index in [1.165, 1.54) is 18.2 Å². The van der Waals surface area contributed by atoms with E-state index in [0.717, 1.165) is 18.9 Å². The molecule has 31 heavy (non-hydrogen) atoms.